The Labute approximate surface area is 70.9 Å². The Bertz CT molecular complexity index is 238. The van der Waals surface area contributed by atoms with E-state index in [1.54, 1.807) is 0 Å². The Balaban J connectivity index is 3.34. The van der Waals surface area contributed by atoms with Crippen molar-refractivity contribution in [1.29, 1.82) is 0 Å². The Kier molecular flexibility index (Phi) is 2.13. The van der Waals surface area contributed by atoms with Crippen molar-refractivity contribution in [3.05, 3.63) is 20.5 Å². The minimum absolute atomic E-state index is 0.0791. The topological polar surface area (TPSA) is 52.7 Å². The van der Waals surface area contributed by atoms with Crippen LogP contribution in [0.15, 0.2) is 0 Å². The smallest absolute Gasteiger partial charge is 0.294 e. The average Bonchev–Trinajstić information content (AvgIpc) is 1.93. The Morgan fingerprint density at radius 2 is 1.90 bits per heavy atom. The molecule has 4 nitrogen and oxygen atoms in total. The fourth-order valence-corrected chi connectivity index (χ4v) is 0.737. The van der Waals surface area contributed by atoms with Crippen LogP contribution in [0.1, 0.15) is 0 Å². The lowest BCUT2D eigenvalue weighted by molar-refractivity contribution is -0.672. The fourth-order valence-electron chi connectivity index (χ4n) is 0.332. The van der Waals surface area contributed by atoms with Crippen molar-refractivity contribution in [3.63, 3.8) is 0 Å². The monoisotopic (exact) mass is 199 g/mol. The van der Waals surface area contributed by atoms with Gasteiger partial charge in [0, 0.05) is 0 Å². The zero-order chi connectivity index (χ0) is 7.72. The summed E-state index contributed by atoms with van der Waals surface area (Å²) in [7, 11) is 0. The first-order valence-electron chi connectivity index (χ1n) is 2.10. The molecule has 0 aliphatic rings. The molecule has 0 aliphatic heterocycles. The molecule has 1 heterocycles. The fraction of sp³-hybridized carbons (Fsp3) is 0. The summed E-state index contributed by atoms with van der Waals surface area (Å²) in [5, 5.41) is 16.2. The lowest BCUT2D eigenvalue weighted by Gasteiger charge is -1.97. The Hall–Kier alpha value is -0.320. The number of hydrogen-bond acceptors (Lipinski definition) is 3. The minimum atomic E-state index is -0.276. The zero-order valence-corrected chi connectivity index (χ0v) is 6.65. The molecule has 0 N–H and O–H groups in total. The van der Waals surface area contributed by atoms with Gasteiger partial charge in [-0.05, 0) is 23.2 Å². The Morgan fingerprint density at radius 1 is 1.30 bits per heavy atom. The van der Waals surface area contributed by atoms with Crippen LogP contribution >= 0.6 is 34.8 Å². The highest BCUT2D eigenvalue weighted by Gasteiger charge is 2.14. The van der Waals surface area contributed by atoms with Crippen LogP contribution in [0, 0.1) is 5.21 Å². The number of nitrogens with zero attached hydrogens (tertiary/aromatic N) is 3. The van der Waals surface area contributed by atoms with Crippen molar-refractivity contribution >= 4 is 34.8 Å². The highest BCUT2D eigenvalue weighted by atomic mass is 35.5. The molecule has 0 radical (unpaired) electrons. The van der Waals surface area contributed by atoms with E-state index in [0.717, 1.165) is 0 Å². The van der Waals surface area contributed by atoms with Gasteiger partial charge in [-0.1, -0.05) is 11.6 Å². The Morgan fingerprint density at radius 3 is 2.40 bits per heavy atom. The van der Waals surface area contributed by atoms with E-state index in [1.807, 2.05) is 0 Å². The predicted octanol–water partition coefficient (Wildman–Crippen LogP) is 1.07. The molecule has 0 saturated carbocycles. The van der Waals surface area contributed by atoms with Gasteiger partial charge in [-0.3, -0.25) is 0 Å². The molecule has 10 heavy (non-hydrogen) atoms. The third kappa shape index (κ3) is 1.23. The maximum absolute atomic E-state index is 10.5. The van der Waals surface area contributed by atoms with E-state index < -0.39 is 0 Å². The van der Waals surface area contributed by atoms with Crippen molar-refractivity contribution in [1.82, 2.24) is 10.3 Å². The van der Waals surface area contributed by atoms with Gasteiger partial charge in [0.15, 0.2) is 5.02 Å². The second-order valence-corrected chi connectivity index (χ2v) is 2.45. The zero-order valence-electron chi connectivity index (χ0n) is 4.38. The van der Waals surface area contributed by atoms with Crippen molar-refractivity contribution < 1.29 is 4.85 Å². The second kappa shape index (κ2) is 2.74. The van der Waals surface area contributed by atoms with Crippen LogP contribution in [0.5, 0.6) is 0 Å². The van der Waals surface area contributed by atoms with Gasteiger partial charge in [0.25, 0.3) is 5.15 Å². The summed E-state index contributed by atoms with van der Waals surface area (Å²) < 4.78 is 0. The van der Waals surface area contributed by atoms with Gasteiger partial charge in [-0.2, -0.15) is 0 Å². The summed E-state index contributed by atoms with van der Waals surface area (Å²) in [6, 6.07) is 0. The van der Waals surface area contributed by atoms with Crippen molar-refractivity contribution in [2.75, 3.05) is 0 Å². The molecular weight excluding hydrogens is 200 g/mol. The van der Waals surface area contributed by atoms with Crippen LogP contribution in [0.3, 0.4) is 0 Å². The average molecular weight is 200 g/mol. The van der Waals surface area contributed by atoms with Gasteiger partial charge in [0.2, 0.25) is 5.15 Å². The van der Waals surface area contributed by atoms with E-state index in [-0.39, 0.29) is 20.2 Å². The van der Waals surface area contributed by atoms with Crippen LogP contribution in [-0.4, -0.2) is 10.3 Å². The number of rotatable bonds is 0. The number of hydrogen-bond donors (Lipinski definition) is 0. The van der Waals surface area contributed by atoms with Crippen LogP contribution < -0.4 is 4.85 Å². The van der Waals surface area contributed by atoms with E-state index >= 15 is 0 Å². The molecule has 0 aromatic carbocycles. The van der Waals surface area contributed by atoms with Gasteiger partial charge in [-0.15, -0.1) is 4.85 Å². The summed E-state index contributed by atoms with van der Waals surface area (Å²) in [5.41, 5.74) is 0. The molecule has 0 unspecified atom stereocenters. The van der Waals surface area contributed by atoms with E-state index in [4.69, 9.17) is 34.8 Å². The predicted molar refractivity (Wildman–Crippen MR) is 36.0 cm³/mol. The second-order valence-electron chi connectivity index (χ2n) is 1.36. The lowest BCUT2D eigenvalue weighted by atomic mass is 10.7. The van der Waals surface area contributed by atoms with E-state index in [0.29, 0.717) is 0 Å². The van der Waals surface area contributed by atoms with Crippen LogP contribution in [0.4, 0.5) is 0 Å². The molecule has 0 aliphatic carbocycles. The van der Waals surface area contributed by atoms with Crippen LogP contribution in [0.2, 0.25) is 15.3 Å². The number of aromatic nitrogens is 3. The first-order valence-corrected chi connectivity index (χ1v) is 3.23. The molecular formula is C3Cl3N3O. The maximum atomic E-state index is 10.5. The highest BCUT2D eigenvalue weighted by molar-refractivity contribution is 6.46. The first-order chi connectivity index (χ1) is 4.63. The molecule has 7 heteroatoms. The van der Waals surface area contributed by atoms with E-state index in [2.05, 4.69) is 10.3 Å². The largest absolute Gasteiger partial charge is 0.690 e. The molecule has 1 rings (SSSR count). The van der Waals surface area contributed by atoms with E-state index in [1.165, 1.54) is 0 Å². The SMILES string of the molecule is [O-][n+]1nnc(Cl)c(Cl)c1Cl. The van der Waals surface area contributed by atoms with E-state index in [9.17, 15) is 5.21 Å². The molecule has 54 valence electrons. The van der Waals surface area contributed by atoms with Gasteiger partial charge >= 0.3 is 0 Å². The van der Waals surface area contributed by atoms with Crippen molar-refractivity contribution in [2.45, 2.75) is 0 Å². The summed E-state index contributed by atoms with van der Waals surface area (Å²) in [5.74, 6) is 0. The molecule has 0 amide bonds. The standard InChI is InChI=1S/C3Cl3N3O/c4-1-2(5)7-8-9(10)3(1)6. The number of halogens is 3. The molecule has 1 aromatic heterocycles. The normalized spacial score (nSPS) is 9.90. The quantitative estimate of drug-likeness (QED) is 0.465. The highest BCUT2D eigenvalue weighted by Crippen LogP contribution is 2.22. The third-order valence-corrected chi connectivity index (χ3v) is 1.89. The van der Waals surface area contributed by atoms with Crippen LogP contribution in [0.25, 0.3) is 0 Å². The lowest BCUT2D eigenvalue weighted by Crippen LogP contribution is -2.33. The summed E-state index contributed by atoms with van der Waals surface area (Å²) in [6.07, 6.45) is 0. The van der Waals surface area contributed by atoms with Gasteiger partial charge < -0.3 is 5.21 Å². The summed E-state index contributed by atoms with van der Waals surface area (Å²) >= 11 is 16.1. The van der Waals surface area contributed by atoms with Gasteiger partial charge in [-0.25, -0.2) is 0 Å². The third-order valence-electron chi connectivity index (χ3n) is 0.744. The van der Waals surface area contributed by atoms with Crippen molar-refractivity contribution in [2.24, 2.45) is 0 Å². The van der Waals surface area contributed by atoms with Gasteiger partial charge in [0.1, 0.15) is 5.21 Å². The first kappa shape index (κ1) is 7.78. The van der Waals surface area contributed by atoms with Crippen LogP contribution in [-0.2, 0) is 0 Å². The minimum Gasteiger partial charge on any atom is -0.690 e. The molecule has 0 fully saturated rings. The molecule has 1 aromatic rings. The molecule has 0 saturated heterocycles. The molecule has 0 atom stereocenters. The maximum Gasteiger partial charge on any atom is 0.294 e. The summed E-state index contributed by atoms with van der Waals surface area (Å²) in [6.45, 7) is 0. The molecule has 0 spiro atoms. The molecule has 0 bridgehead atoms. The summed E-state index contributed by atoms with van der Waals surface area (Å²) in [4.78, 5) is 0.0791. The van der Waals surface area contributed by atoms with Gasteiger partial charge in [0.05, 0.1) is 5.10 Å². The van der Waals surface area contributed by atoms with Crippen molar-refractivity contribution in [3.8, 4) is 0 Å².